The zero-order valence-electron chi connectivity index (χ0n) is 17.6. The number of rotatable bonds is 6. The lowest BCUT2D eigenvalue weighted by Crippen LogP contribution is -2.42. The summed E-state index contributed by atoms with van der Waals surface area (Å²) in [6.07, 6.45) is 0. The molecular weight excluding hydrogens is 450 g/mol. The van der Waals surface area contributed by atoms with Crippen molar-refractivity contribution < 1.29 is 24.4 Å². The molecule has 2 aliphatic heterocycles. The molecule has 1 N–H and O–H groups in total. The fourth-order valence-corrected chi connectivity index (χ4v) is 4.20. The fraction of sp³-hybridized carbons (Fsp3) is 0.304. The number of morpholine rings is 1. The molecule has 0 aromatic heterocycles. The zero-order valence-corrected chi connectivity index (χ0v) is 18.4. The molecule has 1 atom stereocenters. The molecule has 2 heterocycles. The largest absolute Gasteiger partial charge is 0.507 e. The molecule has 4 rings (SSSR count). The smallest absolute Gasteiger partial charge is 0.295 e. The first-order valence-corrected chi connectivity index (χ1v) is 10.8. The summed E-state index contributed by atoms with van der Waals surface area (Å²) < 4.78 is 5.36. The second-order valence-corrected chi connectivity index (χ2v) is 8.24. The van der Waals surface area contributed by atoms with Crippen LogP contribution in [-0.2, 0) is 14.3 Å². The molecule has 0 spiro atoms. The van der Waals surface area contributed by atoms with Gasteiger partial charge in [0.25, 0.3) is 17.4 Å². The normalized spacial score (nSPS) is 20.9. The van der Waals surface area contributed by atoms with Crippen molar-refractivity contribution in [2.24, 2.45) is 0 Å². The van der Waals surface area contributed by atoms with Crippen LogP contribution < -0.4 is 0 Å². The van der Waals surface area contributed by atoms with Crippen LogP contribution in [0.25, 0.3) is 5.76 Å². The monoisotopic (exact) mass is 471 g/mol. The van der Waals surface area contributed by atoms with E-state index in [0.29, 0.717) is 35.9 Å². The number of aliphatic hydroxyl groups excluding tert-OH is 1. The van der Waals surface area contributed by atoms with Crippen molar-refractivity contribution in [3.63, 3.8) is 0 Å². The average molecular weight is 472 g/mol. The van der Waals surface area contributed by atoms with Crippen molar-refractivity contribution in [2.75, 3.05) is 39.4 Å². The highest BCUT2D eigenvalue weighted by Gasteiger charge is 2.46. The Labute approximate surface area is 195 Å². The van der Waals surface area contributed by atoms with E-state index in [0.717, 1.165) is 13.1 Å². The van der Waals surface area contributed by atoms with Crippen LogP contribution in [0.2, 0.25) is 5.02 Å². The van der Waals surface area contributed by atoms with Gasteiger partial charge in [0.1, 0.15) is 5.76 Å². The lowest BCUT2D eigenvalue weighted by molar-refractivity contribution is -0.384. The minimum Gasteiger partial charge on any atom is -0.507 e. The first-order chi connectivity index (χ1) is 15.9. The van der Waals surface area contributed by atoms with Gasteiger partial charge in [-0.05, 0) is 42.0 Å². The summed E-state index contributed by atoms with van der Waals surface area (Å²) in [5, 5.41) is 22.5. The van der Waals surface area contributed by atoms with E-state index in [-0.39, 0.29) is 23.6 Å². The standard InChI is InChI=1S/C23H22ClN3O6/c24-17-5-1-16(2-6-17)21(28)19-20(15-3-7-18(8-4-15)27(31)32)26(23(30)22(19)29)10-9-25-11-13-33-14-12-25/h1-8,20,28H,9-14H2/b21-19-. The summed E-state index contributed by atoms with van der Waals surface area (Å²) in [5.74, 6) is -1.84. The maximum absolute atomic E-state index is 13.0. The third kappa shape index (κ3) is 4.75. The Morgan fingerprint density at radius 3 is 2.30 bits per heavy atom. The van der Waals surface area contributed by atoms with E-state index in [2.05, 4.69) is 4.90 Å². The highest BCUT2D eigenvalue weighted by atomic mass is 35.5. The highest BCUT2D eigenvalue weighted by Crippen LogP contribution is 2.39. The topological polar surface area (TPSA) is 113 Å². The van der Waals surface area contributed by atoms with Crippen LogP contribution in [0, 0.1) is 10.1 Å². The first kappa shape index (κ1) is 22.9. The van der Waals surface area contributed by atoms with Gasteiger partial charge >= 0.3 is 0 Å². The molecular formula is C23H22ClN3O6. The number of carbonyl (C=O) groups excluding carboxylic acids is 2. The minimum atomic E-state index is -0.873. The number of non-ortho nitro benzene ring substituents is 1. The van der Waals surface area contributed by atoms with E-state index in [1.807, 2.05) is 0 Å². The number of nitro groups is 1. The summed E-state index contributed by atoms with van der Waals surface area (Å²) in [5.41, 5.74) is 0.676. The molecule has 2 aromatic rings. The number of hydrogen-bond acceptors (Lipinski definition) is 7. The first-order valence-electron chi connectivity index (χ1n) is 10.5. The van der Waals surface area contributed by atoms with E-state index in [9.17, 15) is 24.8 Å². The molecule has 0 bridgehead atoms. The summed E-state index contributed by atoms with van der Waals surface area (Å²) in [7, 11) is 0. The van der Waals surface area contributed by atoms with Crippen molar-refractivity contribution in [3.8, 4) is 0 Å². The predicted molar refractivity (Wildman–Crippen MR) is 121 cm³/mol. The van der Waals surface area contributed by atoms with Crippen LogP contribution >= 0.6 is 11.6 Å². The Morgan fingerprint density at radius 1 is 1.06 bits per heavy atom. The van der Waals surface area contributed by atoms with Crippen LogP contribution in [0.15, 0.2) is 54.1 Å². The van der Waals surface area contributed by atoms with Gasteiger partial charge in [0.2, 0.25) is 0 Å². The van der Waals surface area contributed by atoms with E-state index in [1.165, 1.54) is 29.2 Å². The molecule has 2 aromatic carbocycles. The molecule has 1 unspecified atom stereocenters. The highest BCUT2D eigenvalue weighted by molar-refractivity contribution is 6.46. The number of aliphatic hydroxyl groups is 1. The van der Waals surface area contributed by atoms with Gasteiger partial charge in [-0.15, -0.1) is 0 Å². The van der Waals surface area contributed by atoms with Crippen molar-refractivity contribution in [3.05, 3.63) is 80.4 Å². The van der Waals surface area contributed by atoms with Gasteiger partial charge in [-0.3, -0.25) is 24.6 Å². The number of nitrogens with zero attached hydrogens (tertiary/aromatic N) is 3. The lowest BCUT2D eigenvalue weighted by atomic mass is 9.95. The minimum absolute atomic E-state index is 0.0573. The number of hydrogen-bond donors (Lipinski definition) is 1. The quantitative estimate of drug-likeness (QED) is 0.226. The van der Waals surface area contributed by atoms with Gasteiger partial charge in [-0.1, -0.05) is 11.6 Å². The number of amides is 1. The molecule has 33 heavy (non-hydrogen) atoms. The van der Waals surface area contributed by atoms with E-state index >= 15 is 0 Å². The molecule has 0 saturated carbocycles. The Balaban J connectivity index is 1.74. The van der Waals surface area contributed by atoms with Crippen molar-refractivity contribution in [1.29, 1.82) is 0 Å². The van der Waals surface area contributed by atoms with Crippen molar-refractivity contribution in [2.45, 2.75) is 6.04 Å². The second kappa shape index (κ2) is 9.70. The van der Waals surface area contributed by atoms with Crippen LogP contribution in [0.3, 0.4) is 0 Å². The second-order valence-electron chi connectivity index (χ2n) is 7.80. The number of benzene rings is 2. The molecule has 2 saturated heterocycles. The Bertz CT molecular complexity index is 1090. The van der Waals surface area contributed by atoms with Gasteiger partial charge < -0.3 is 14.7 Å². The summed E-state index contributed by atoms with van der Waals surface area (Å²) >= 11 is 5.94. The molecule has 2 fully saturated rings. The van der Waals surface area contributed by atoms with Crippen molar-refractivity contribution in [1.82, 2.24) is 9.80 Å². The number of carbonyl (C=O) groups is 2. The van der Waals surface area contributed by atoms with Crippen LogP contribution in [0.4, 0.5) is 5.69 Å². The molecule has 9 nitrogen and oxygen atoms in total. The fourth-order valence-electron chi connectivity index (χ4n) is 4.07. The number of likely N-dealkylation sites (tertiary alicyclic amines) is 1. The maximum atomic E-state index is 13.0. The van der Waals surface area contributed by atoms with Crippen molar-refractivity contribution >= 4 is 34.7 Å². The lowest BCUT2D eigenvalue weighted by Gasteiger charge is -2.31. The van der Waals surface area contributed by atoms with Gasteiger partial charge in [0, 0.05) is 48.9 Å². The van der Waals surface area contributed by atoms with E-state index < -0.39 is 22.7 Å². The SMILES string of the molecule is O=C1C(=O)N(CCN2CCOCC2)C(c2ccc([N+](=O)[O-])cc2)/C1=C(/O)c1ccc(Cl)cc1. The Morgan fingerprint density at radius 2 is 1.70 bits per heavy atom. The molecule has 10 heteroatoms. The van der Waals surface area contributed by atoms with E-state index in [1.54, 1.807) is 24.3 Å². The molecule has 0 radical (unpaired) electrons. The number of ether oxygens (including phenoxy) is 1. The van der Waals surface area contributed by atoms with Crippen LogP contribution in [0.1, 0.15) is 17.2 Å². The molecule has 172 valence electrons. The third-order valence-electron chi connectivity index (χ3n) is 5.84. The van der Waals surface area contributed by atoms with Gasteiger partial charge in [-0.25, -0.2) is 0 Å². The van der Waals surface area contributed by atoms with Crippen LogP contribution in [-0.4, -0.2) is 70.9 Å². The van der Waals surface area contributed by atoms with Gasteiger partial charge in [0.05, 0.1) is 29.8 Å². The molecule has 1 amide bonds. The van der Waals surface area contributed by atoms with E-state index in [4.69, 9.17) is 16.3 Å². The number of Topliss-reactive ketones (excluding diaryl/α,β-unsaturated/α-hetero) is 1. The number of ketones is 1. The number of halogens is 1. The zero-order chi connectivity index (χ0) is 23.5. The Kier molecular flexibility index (Phi) is 6.73. The van der Waals surface area contributed by atoms with Gasteiger partial charge in [0.15, 0.2) is 0 Å². The van der Waals surface area contributed by atoms with Crippen LogP contribution in [0.5, 0.6) is 0 Å². The Hall–Kier alpha value is -3.27. The number of nitro benzene ring substituents is 1. The average Bonchev–Trinajstić information content (AvgIpc) is 3.08. The molecule has 0 aliphatic carbocycles. The summed E-state index contributed by atoms with van der Waals surface area (Å²) in [6, 6.07) is 11.0. The summed E-state index contributed by atoms with van der Waals surface area (Å²) in [4.78, 5) is 40.1. The maximum Gasteiger partial charge on any atom is 0.295 e. The predicted octanol–water partition coefficient (Wildman–Crippen LogP) is 3.00. The third-order valence-corrected chi connectivity index (χ3v) is 6.09. The summed E-state index contributed by atoms with van der Waals surface area (Å²) in [6.45, 7) is 3.42. The van der Waals surface area contributed by atoms with Gasteiger partial charge in [-0.2, -0.15) is 0 Å². The molecule has 2 aliphatic rings.